The molecule has 0 bridgehead atoms. The Bertz CT molecular complexity index is 594. The first-order valence-electron chi connectivity index (χ1n) is 5.68. The van der Waals surface area contributed by atoms with Crippen LogP contribution < -0.4 is 5.32 Å². The number of aromatic nitrogens is 3. The van der Waals surface area contributed by atoms with E-state index in [0.29, 0.717) is 23.8 Å². The highest BCUT2D eigenvalue weighted by Gasteiger charge is 2.11. The molecule has 2 aromatic rings. The van der Waals surface area contributed by atoms with Crippen molar-refractivity contribution >= 4 is 11.8 Å². The van der Waals surface area contributed by atoms with Crippen LogP contribution in [0.15, 0.2) is 16.7 Å². The fourth-order valence-corrected chi connectivity index (χ4v) is 1.52. The molecule has 0 aromatic carbocycles. The predicted molar refractivity (Wildman–Crippen MR) is 66.7 cm³/mol. The van der Waals surface area contributed by atoms with Crippen LogP contribution in [0.4, 0.5) is 5.82 Å². The number of carbonyl (C=O) groups is 1. The number of esters is 1. The van der Waals surface area contributed by atoms with Gasteiger partial charge in [-0.25, -0.2) is 14.8 Å². The van der Waals surface area contributed by atoms with Gasteiger partial charge in [-0.15, -0.1) is 0 Å². The van der Waals surface area contributed by atoms with Gasteiger partial charge in [-0.3, -0.25) is 0 Å². The summed E-state index contributed by atoms with van der Waals surface area (Å²) in [6.45, 7) is 4.05. The van der Waals surface area contributed by atoms with Gasteiger partial charge in [0.2, 0.25) is 5.82 Å². The smallest absolute Gasteiger partial charge is 0.376 e. The van der Waals surface area contributed by atoms with Crippen LogP contribution in [0.5, 0.6) is 0 Å². The number of nitrogens with one attached hydrogen (secondary N) is 1. The molecule has 0 atom stereocenters. The Morgan fingerprint density at radius 2 is 2.11 bits per heavy atom. The Hall–Kier alpha value is -2.44. The number of hydrogen-bond donors (Lipinski definition) is 1. The summed E-state index contributed by atoms with van der Waals surface area (Å²) in [4.78, 5) is 19.5. The highest BCUT2D eigenvalue weighted by molar-refractivity contribution is 5.85. The van der Waals surface area contributed by atoms with E-state index in [2.05, 4.69) is 25.2 Å². The lowest BCUT2D eigenvalue weighted by Crippen LogP contribution is -2.11. The van der Waals surface area contributed by atoms with E-state index in [0.717, 1.165) is 5.69 Å². The molecule has 0 saturated heterocycles. The largest absolute Gasteiger partial charge is 0.463 e. The molecule has 0 spiro atoms. The topological polar surface area (TPSA) is 90.1 Å². The SMILES string of the molecule is COC(=O)c1nc(C)cc(NCc2cc(C)no2)n1. The van der Waals surface area contributed by atoms with Crippen LogP contribution in [0.3, 0.4) is 0 Å². The van der Waals surface area contributed by atoms with E-state index >= 15 is 0 Å². The second-order valence-electron chi connectivity index (χ2n) is 4.00. The maximum atomic E-state index is 11.4. The number of rotatable bonds is 4. The minimum atomic E-state index is -0.567. The summed E-state index contributed by atoms with van der Waals surface area (Å²) >= 11 is 0. The molecule has 0 amide bonds. The van der Waals surface area contributed by atoms with Crippen molar-refractivity contribution in [3.05, 3.63) is 35.1 Å². The first-order valence-corrected chi connectivity index (χ1v) is 5.68. The van der Waals surface area contributed by atoms with Gasteiger partial charge in [-0.1, -0.05) is 5.16 Å². The Morgan fingerprint density at radius 3 is 2.74 bits per heavy atom. The number of anilines is 1. The zero-order chi connectivity index (χ0) is 13.8. The van der Waals surface area contributed by atoms with Gasteiger partial charge in [-0.05, 0) is 13.8 Å². The van der Waals surface area contributed by atoms with Crippen LogP contribution in [-0.4, -0.2) is 28.2 Å². The van der Waals surface area contributed by atoms with Crippen LogP contribution in [-0.2, 0) is 11.3 Å². The van der Waals surface area contributed by atoms with Gasteiger partial charge >= 0.3 is 5.97 Å². The zero-order valence-electron chi connectivity index (χ0n) is 10.9. The van der Waals surface area contributed by atoms with E-state index < -0.39 is 5.97 Å². The number of ether oxygens (including phenoxy) is 1. The predicted octanol–water partition coefficient (Wildman–Crippen LogP) is 1.48. The van der Waals surface area contributed by atoms with Crippen molar-refractivity contribution in [1.82, 2.24) is 15.1 Å². The summed E-state index contributed by atoms with van der Waals surface area (Å²) in [6.07, 6.45) is 0. The van der Waals surface area contributed by atoms with Gasteiger partial charge in [0, 0.05) is 17.8 Å². The Balaban J connectivity index is 2.11. The van der Waals surface area contributed by atoms with Gasteiger partial charge in [-0.2, -0.15) is 0 Å². The molecule has 1 N–H and O–H groups in total. The van der Waals surface area contributed by atoms with Gasteiger partial charge < -0.3 is 14.6 Å². The number of carbonyl (C=O) groups excluding carboxylic acids is 1. The van der Waals surface area contributed by atoms with Crippen molar-refractivity contribution in [2.45, 2.75) is 20.4 Å². The molecular formula is C12H14N4O3. The fourth-order valence-electron chi connectivity index (χ4n) is 1.52. The molecule has 0 aliphatic carbocycles. The van der Waals surface area contributed by atoms with E-state index in [1.54, 1.807) is 13.0 Å². The third-order valence-electron chi connectivity index (χ3n) is 2.34. The molecule has 2 rings (SSSR count). The molecule has 0 aliphatic rings. The van der Waals surface area contributed by atoms with E-state index in [-0.39, 0.29) is 5.82 Å². The molecule has 19 heavy (non-hydrogen) atoms. The van der Waals surface area contributed by atoms with Crippen LogP contribution in [0.25, 0.3) is 0 Å². The quantitative estimate of drug-likeness (QED) is 0.834. The second-order valence-corrected chi connectivity index (χ2v) is 4.00. The Labute approximate surface area is 110 Å². The zero-order valence-corrected chi connectivity index (χ0v) is 10.9. The third-order valence-corrected chi connectivity index (χ3v) is 2.34. The lowest BCUT2D eigenvalue weighted by molar-refractivity contribution is 0.0586. The third kappa shape index (κ3) is 3.27. The summed E-state index contributed by atoms with van der Waals surface area (Å²) in [7, 11) is 1.29. The fraction of sp³-hybridized carbons (Fsp3) is 0.333. The normalized spacial score (nSPS) is 10.3. The van der Waals surface area contributed by atoms with Crippen LogP contribution >= 0.6 is 0 Å². The molecule has 7 nitrogen and oxygen atoms in total. The number of aryl methyl sites for hydroxylation is 2. The molecule has 2 heterocycles. The van der Waals surface area contributed by atoms with E-state index in [4.69, 9.17) is 4.52 Å². The molecule has 100 valence electrons. The van der Waals surface area contributed by atoms with E-state index in [1.165, 1.54) is 7.11 Å². The highest BCUT2D eigenvalue weighted by atomic mass is 16.5. The molecule has 0 unspecified atom stereocenters. The molecule has 7 heteroatoms. The molecule has 0 radical (unpaired) electrons. The van der Waals surface area contributed by atoms with Crippen molar-refractivity contribution in [2.24, 2.45) is 0 Å². The van der Waals surface area contributed by atoms with Gasteiger partial charge in [0.05, 0.1) is 19.3 Å². The first-order chi connectivity index (χ1) is 9.08. The summed E-state index contributed by atoms with van der Waals surface area (Å²) in [6, 6.07) is 3.55. The lowest BCUT2D eigenvalue weighted by atomic mass is 10.3. The van der Waals surface area contributed by atoms with E-state index in [9.17, 15) is 4.79 Å². The summed E-state index contributed by atoms with van der Waals surface area (Å²) in [5, 5.41) is 6.83. The number of methoxy groups -OCH3 is 1. The Kier molecular flexibility index (Phi) is 3.74. The van der Waals surface area contributed by atoms with Crippen molar-refractivity contribution in [3.8, 4) is 0 Å². The minimum Gasteiger partial charge on any atom is -0.463 e. The van der Waals surface area contributed by atoms with Crippen molar-refractivity contribution in [2.75, 3.05) is 12.4 Å². The van der Waals surface area contributed by atoms with E-state index in [1.807, 2.05) is 13.0 Å². The van der Waals surface area contributed by atoms with Gasteiger partial charge in [0.25, 0.3) is 0 Å². The first kappa shape index (κ1) is 13.0. The summed E-state index contributed by atoms with van der Waals surface area (Å²) < 4.78 is 9.66. The number of hydrogen-bond acceptors (Lipinski definition) is 7. The Morgan fingerprint density at radius 1 is 1.32 bits per heavy atom. The van der Waals surface area contributed by atoms with Crippen LogP contribution in [0.1, 0.15) is 27.8 Å². The lowest BCUT2D eigenvalue weighted by Gasteiger charge is -2.06. The number of nitrogens with zero attached hydrogens (tertiary/aromatic N) is 3. The molecule has 0 saturated carbocycles. The van der Waals surface area contributed by atoms with Gasteiger partial charge in [0.1, 0.15) is 5.82 Å². The van der Waals surface area contributed by atoms with Crippen molar-refractivity contribution in [3.63, 3.8) is 0 Å². The van der Waals surface area contributed by atoms with Gasteiger partial charge in [0.15, 0.2) is 5.76 Å². The monoisotopic (exact) mass is 262 g/mol. The summed E-state index contributed by atoms with van der Waals surface area (Å²) in [5.41, 5.74) is 1.48. The maximum absolute atomic E-state index is 11.4. The van der Waals surface area contributed by atoms with Crippen LogP contribution in [0.2, 0.25) is 0 Å². The second kappa shape index (κ2) is 5.47. The molecular weight excluding hydrogens is 248 g/mol. The molecule has 0 aliphatic heterocycles. The maximum Gasteiger partial charge on any atom is 0.376 e. The van der Waals surface area contributed by atoms with Crippen molar-refractivity contribution in [1.29, 1.82) is 0 Å². The average Bonchev–Trinajstić information content (AvgIpc) is 2.80. The molecule has 0 fully saturated rings. The average molecular weight is 262 g/mol. The van der Waals surface area contributed by atoms with Crippen molar-refractivity contribution < 1.29 is 14.1 Å². The van der Waals surface area contributed by atoms with Crippen LogP contribution in [0, 0.1) is 13.8 Å². The minimum absolute atomic E-state index is 0.0266. The summed E-state index contributed by atoms with van der Waals surface area (Å²) in [5.74, 6) is 0.677. The standard InChI is InChI=1S/C12H14N4O3/c1-7-5-10(15-11(14-7)12(17)18-3)13-6-9-4-8(2)16-19-9/h4-5H,6H2,1-3H3,(H,13,14,15). The molecule has 2 aromatic heterocycles. The highest BCUT2D eigenvalue weighted by Crippen LogP contribution is 2.10.